The Kier molecular flexibility index (Phi) is 9.19. The number of nitrogens with zero attached hydrogens (tertiary/aromatic N) is 4. The lowest BCUT2D eigenvalue weighted by Gasteiger charge is -2.32. The van der Waals surface area contributed by atoms with Gasteiger partial charge in [0.1, 0.15) is 24.0 Å². The first kappa shape index (κ1) is 29.0. The maximum absolute atomic E-state index is 13.1. The summed E-state index contributed by atoms with van der Waals surface area (Å²) in [7, 11) is 0. The number of pyridine rings is 1. The number of carbonyl (C=O) groups is 1. The van der Waals surface area contributed by atoms with Gasteiger partial charge in [0.05, 0.1) is 17.2 Å². The summed E-state index contributed by atoms with van der Waals surface area (Å²) in [6.45, 7) is 3.96. The molecule has 12 heteroatoms. The zero-order valence-corrected chi connectivity index (χ0v) is 22.8. The summed E-state index contributed by atoms with van der Waals surface area (Å²) in [4.78, 5) is 27.1. The molecule has 1 aromatic carbocycles. The Hall–Kier alpha value is -3.51. The van der Waals surface area contributed by atoms with Crippen molar-refractivity contribution in [3.8, 4) is 0 Å². The third-order valence-corrected chi connectivity index (χ3v) is 7.65. The zero-order chi connectivity index (χ0) is 28.8. The summed E-state index contributed by atoms with van der Waals surface area (Å²) in [5, 5.41) is 16.3. The summed E-state index contributed by atoms with van der Waals surface area (Å²) in [5.41, 5.74) is 1.65. The van der Waals surface area contributed by atoms with E-state index in [2.05, 4.69) is 37.6 Å². The number of anilines is 2. The molecule has 0 amide bonds. The largest absolute Gasteiger partial charge is 0.480 e. The molecule has 0 aliphatic carbocycles. The van der Waals surface area contributed by atoms with Gasteiger partial charge in [-0.15, -0.1) is 0 Å². The number of hydrogen-bond donors (Lipinski definition) is 3. The molecule has 0 bridgehead atoms. The zero-order valence-electron chi connectivity index (χ0n) is 22.8. The van der Waals surface area contributed by atoms with Crippen molar-refractivity contribution < 1.29 is 27.8 Å². The van der Waals surface area contributed by atoms with Gasteiger partial charge in [0.25, 0.3) is 0 Å². The Balaban J connectivity index is 1.09. The second-order valence-corrected chi connectivity index (χ2v) is 10.7. The summed E-state index contributed by atoms with van der Waals surface area (Å²) in [6, 6.07) is 6.41. The van der Waals surface area contributed by atoms with E-state index >= 15 is 0 Å². The number of ether oxygens (including phenoxy) is 1. The number of likely N-dealkylation sites (tertiary alicyclic amines) is 1. The Bertz CT molecular complexity index is 1360. The standard InChI is InChI=1S/C29H35F3N6O3/c30-29(31,32)20-8-10-23-25(16-20)34-18-35-27(23)37-24(28(39)40)11-15-41-22-6-3-14-38(17-22)13-2-5-21-9-7-19-4-1-12-33-26(19)36-21/h7-10,16,18,22,24H,1-6,11-15,17H2,(H,33,36)(H,39,40)(H,34,35,37)/t22-,24+/m1/s1. The van der Waals surface area contributed by atoms with Crippen molar-refractivity contribution >= 4 is 28.5 Å². The molecule has 1 fully saturated rings. The van der Waals surface area contributed by atoms with Crippen LogP contribution in [0.1, 0.15) is 48.9 Å². The van der Waals surface area contributed by atoms with Crippen LogP contribution in [0.4, 0.5) is 24.8 Å². The number of aryl methyl sites for hydroxylation is 2. The van der Waals surface area contributed by atoms with E-state index in [-0.39, 0.29) is 30.5 Å². The van der Waals surface area contributed by atoms with Crippen LogP contribution in [-0.2, 0) is 28.5 Å². The fourth-order valence-electron chi connectivity index (χ4n) is 5.47. The molecule has 3 N–H and O–H groups in total. The lowest BCUT2D eigenvalue weighted by molar-refractivity contribution is -0.139. The van der Waals surface area contributed by atoms with Crippen molar-refractivity contribution in [3.63, 3.8) is 0 Å². The number of halogens is 3. The quantitative estimate of drug-likeness (QED) is 0.299. The summed E-state index contributed by atoms with van der Waals surface area (Å²) < 4.78 is 45.3. The number of benzene rings is 1. The average Bonchev–Trinajstić information content (AvgIpc) is 2.96. The van der Waals surface area contributed by atoms with Crippen LogP contribution in [0, 0.1) is 0 Å². The minimum atomic E-state index is -4.50. The predicted octanol–water partition coefficient (Wildman–Crippen LogP) is 4.77. The van der Waals surface area contributed by atoms with Crippen LogP contribution in [0.15, 0.2) is 36.7 Å². The van der Waals surface area contributed by atoms with Gasteiger partial charge >= 0.3 is 12.1 Å². The van der Waals surface area contributed by atoms with Gasteiger partial charge in [-0.2, -0.15) is 13.2 Å². The molecule has 0 radical (unpaired) electrons. The van der Waals surface area contributed by atoms with Crippen molar-refractivity contribution in [1.29, 1.82) is 0 Å². The second-order valence-electron chi connectivity index (χ2n) is 10.7. The Morgan fingerprint density at radius 3 is 2.93 bits per heavy atom. The third kappa shape index (κ3) is 7.62. The number of piperidine rings is 1. The number of fused-ring (bicyclic) bond motifs is 2. The molecule has 5 rings (SSSR count). The SMILES string of the molecule is O=C(O)[C@H](CCO[C@@H]1CCCN(CCCc2ccc3c(n2)NCCC3)C1)Nc1ncnc2cc(C(F)(F)F)ccc12. The molecule has 9 nitrogen and oxygen atoms in total. The normalized spacial score (nSPS) is 18.5. The summed E-state index contributed by atoms with van der Waals surface area (Å²) in [5.74, 6) is 0.102. The molecule has 41 heavy (non-hydrogen) atoms. The molecule has 220 valence electrons. The lowest BCUT2D eigenvalue weighted by Crippen LogP contribution is -2.41. The second kappa shape index (κ2) is 13.0. The first-order chi connectivity index (χ1) is 19.8. The van der Waals surface area contributed by atoms with Gasteiger partial charge < -0.3 is 25.4 Å². The number of hydrogen-bond acceptors (Lipinski definition) is 8. The van der Waals surface area contributed by atoms with E-state index in [1.807, 2.05) is 0 Å². The first-order valence-corrected chi connectivity index (χ1v) is 14.1. The molecule has 2 aromatic heterocycles. The molecule has 2 aliphatic rings. The Morgan fingerprint density at radius 2 is 2.10 bits per heavy atom. The maximum atomic E-state index is 13.1. The van der Waals surface area contributed by atoms with E-state index in [0.717, 1.165) is 94.7 Å². The van der Waals surface area contributed by atoms with Crippen LogP contribution >= 0.6 is 0 Å². The number of aliphatic carboxylic acids is 1. The number of rotatable bonds is 11. The molecule has 4 heterocycles. The van der Waals surface area contributed by atoms with Crippen LogP contribution < -0.4 is 10.6 Å². The molecule has 0 saturated carbocycles. The number of carboxylic acids is 1. The van der Waals surface area contributed by atoms with E-state index in [0.29, 0.717) is 5.39 Å². The van der Waals surface area contributed by atoms with Gasteiger partial charge in [-0.3, -0.25) is 0 Å². The number of carboxylic acid groups (broad SMARTS) is 1. The van der Waals surface area contributed by atoms with Gasteiger partial charge in [0.15, 0.2) is 0 Å². The molecule has 0 unspecified atom stereocenters. The fraction of sp³-hybridized carbons (Fsp3) is 0.517. The lowest BCUT2D eigenvalue weighted by atomic mass is 10.1. The van der Waals surface area contributed by atoms with Crippen molar-refractivity contribution in [2.45, 2.75) is 63.3 Å². The Labute approximate surface area is 236 Å². The van der Waals surface area contributed by atoms with Crippen molar-refractivity contribution in [1.82, 2.24) is 19.9 Å². The van der Waals surface area contributed by atoms with Gasteiger partial charge in [0, 0.05) is 37.2 Å². The highest BCUT2D eigenvalue weighted by molar-refractivity contribution is 5.91. The minimum Gasteiger partial charge on any atom is -0.480 e. The first-order valence-electron chi connectivity index (χ1n) is 14.1. The van der Waals surface area contributed by atoms with Gasteiger partial charge in [-0.1, -0.05) is 6.07 Å². The van der Waals surface area contributed by atoms with Crippen LogP contribution in [0.3, 0.4) is 0 Å². The molecule has 0 spiro atoms. The van der Waals surface area contributed by atoms with Crippen LogP contribution in [-0.4, -0.2) is 75.9 Å². The van der Waals surface area contributed by atoms with Gasteiger partial charge in [-0.05, 0) is 81.4 Å². The summed E-state index contributed by atoms with van der Waals surface area (Å²) in [6.07, 6.45) is 2.89. The fourth-order valence-corrected chi connectivity index (χ4v) is 5.47. The summed E-state index contributed by atoms with van der Waals surface area (Å²) >= 11 is 0. The third-order valence-electron chi connectivity index (χ3n) is 7.65. The number of aromatic nitrogens is 3. The van der Waals surface area contributed by atoms with Gasteiger partial charge in [-0.25, -0.2) is 19.7 Å². The highest BCUT2D eigenvalue weighted by Gasteiger charge is 2.31. The molecular formula is C29H35F3N6O3. The topological polar surface area (TPSA) is 112 Å². The molecule has 3 aromatic rings. The molecule has 1 saturated heterocycles. The van der Waals surface area contributed by atoms with E-state index in [1.54, 1.807) is 0 Å². The monoisotopic (exact) mass is 572 g/mol. The number of alkyl halides is 3. The predicted molar refractivity (Wildman–Crippen MR) is 149 cm³/mol. The van der Waals surface area contributed by atoms with E-state index < -0.39 is 23.8 Å². The van der Waals surface area contributed by atoms with Crippen LogP contribution in [0.25, 0.3) is 10.9 Å². The smallest absolute Gasteiger partial charge is 0.416 e. The van der Waals surface area contributed by atoms with E-state index in [1.165, 1.54) is 11.6 Å². The number of nitrogens with one attached hydrogen (secondary N) is 2. The highest BCUT2D eigenvalue weighted by Crippen LogP contribution is 2.32. The van der Waals surface area contributed by atoms with Crippen molar-refractivity contribution in [3.05, 3.63) is 53.5 Å². The molecule has 2 atom stereocenters. The average molecular weight is 573 g/mol. The highest BCUT2D eigenvalue weighted by atomic mass is 19.4. The van der Waals surface area contributed by atoms with Crippen molar-refractivity contribution in [2.24, 2.45) is 0 Å². The molecule has 2 aliphatic heterocycles. The Morgan fingerprint density at radius 1 is 1.22 bits per heavy atom. The van der Waals surface area contributed by atoms with Gasteiger partial charge in [0.2, 0.25) is 0 Å². The van der Waals surface area contributed by atoms with Crippen LogP contribution in [0.2, 0.25) is 0 Å². The minimum absolute atomic E-state index is 0.0185. The maximum Gasteiger partial charge on any atom is 0.416 e. The van der Waals surface area contributed by atoms with Crippen molar-refractivity contribution in [2.75, 3.05) is 43.4 Å². The van der Waals surface area contributed by atoms with E-state index in [4.69, 9.17) is 9.72 Å². The van der Waals surface area contributed by atoms with Crippen LogP contribution in [0.5, 0.6) is 0 Å². The van der Waals surface area contributed by atoms with E-state index in [9.17, 15) is 23.1 Å². The molecular weight excluding hydrogens is 537 g/mol.